The van der Waals surface area contributed by atoms with Gasteiger partial charge >= 0.3 is 36.4 Å². The summed E-state index contributed by atoms with van der Waals surface area (Å²) >= 11 is 6.38. The number of pyridine rings is 2. The normalized spacial score (nSPS) is 13.8. The van der Waals surface area contributed by atoms with E-state index in [0.717, 1.165) is 40.1 Å². The molecule has 0 saturated carbocycles. The number of aliphatic carboxylic acids is 3. The molecule has 1 fully saturated rings. The number of hydrogen-bond donors (Lipinski definition) is 6. The first-order chi connectivity index (χ1) is 29.4. The molecule has 6 heterocycles. The molecule has 1 aromatic carbocycles. The van der Waals surface area contributed by atoms with Crippen molar-refractivity contribution >= 4 is 81.5 Å². The molecule has 1 saturated heterocycles. The van der Waals surface area contributed by atoms with E-state index in [9.17, 15) is 44.3 Å². The smallest absolute Gasteiger partial charge is 0.475 e. The molecular formula is C35H30ClF9N10O8. The Morgan fingerprint density at radius 3 is 1.97 bits per heavy atom. The third-order valence-electron chi connectivity index (χ3n) is 8.01. The molecule has 28 heteroatoms. The Morgan fingerprint density at radius 1 is 0.762 bits per heavy atom. The third-order valence-corrected chi connectivity index (χ3v) is 8.29. The fraction of sp³-hybridized carbons (Fsp3) is 0.286. The van der Waals surface area contributed by atoms with Crippen molar-refractivity contribution in [3.05, 3.63) is 77.3 Å². The number of piperazine rings is 1. The molecule has 7 rings (SSSR count). The summed E-state index contributed by atoms with van der Waals surface area (Å²) in [6.45, 7) is 3.14. The molecule has 63 heavy (non-hydrogen) atoms. The van der Waals surface area contributed by atoms with Gasteiger partial charge in [-0.3, -0.25) is 14.7 Å². The van der Waals surface area contributed by atoms with Gasteiger partial charge in [0.25, 0.3) is 6.01 Å². The molecule has 338 valence electrons. The third kappa shape index (κ3) is 15.1. The molecule has 4 aromatic heterocycles. The number of carbonyl (C=O) groups excluding carboxylic acids is 1. The zero-order chi connectivity index (χ0) is 46.7. The fourth-order valence-corrected chi connectivity index (χ4v) is 5.27. The minimum absolute atomic E-state index is 0.0641. The zero-order valence-electron chi connectivity index (χ0n) is 31.5. The lowest BCUT2D eigenvalue weighted by molar-refractivity contribution is -0.193. The van der Waals surface area contributed by atoms with Crippen LogP contribution in [0.15, 0.2) is 65.6 Å². The number of fused-ring (bicyclic) bond motifs is 7. The molecular weight excluding hydrogens is 895 g/mol. The van der Waals surface area contributed by atoms with Gasteiger partial charge in [-0.1, -0.05) is 11.6 Å². The topological polar surface area (TPSA) is 249 Å². The highest BCUT2D eigenvalue weighted by Crippen LogP contribution is 2.30. The van der Waals surface area contributed by atoms with Crippen LogP contribution in [0.3, 0.4) is 0 Å². The number of carboxylic acid groups (broad SMARTS) is 3. The van der Waals surface area contributed by atoms with Gasteiger partial charge in [-0.25, -0.2) is 24.4 Å². The van der Waals surface area contributed by atoms with Crippen molar-refractivity contribution in [3.8, 4) is 0 Å². The van der Waals surface area contributed by atoms with Crippen molar-refractivity contribution in [1.82, 2.24) is 29.8 Å². The van der Waals surface area contributed by atoms with Crippen molar-refractivity contribution < 1.29 is 78.4 Å². The van der Waals surface area contributed by atoms with Gasteiger partial charge in [-0.2, -0.15) is 49.5 Å². The van der Waals surface area contributed by atoms with E-state index in [-0.39, 0.29) is 5.91 Å². The van der Waals surface area contributed by atoms with E-state index in [1.165, 1.54) is 0 Å². The number of oxazole rings is 1. The number of carbonyl (C=O) groups is 4. The molecule has 18 nitrogen and oxygen atoms in total. The van der Waals surface area contributed by atoms with E-state index < -0.39 is 36.4 Å². The number of alkyl halides is 9. The predicted molar refractivity (Wildman–Crippen MR) is 202 cm³/mol. The molecule has 0 unspecified atom stereocenters. The van der Waals surface area contributed by atoms with Crippen LogP contribution in [0, 0.1) is 0 Å². The number of rotatable bonds is 4. The van der Waals surface area contributed by atoms with Crippen LogP contribution in [0.25, 0.3) is 11.2 Å². The first-order valence-electron chi connectivity index (χ1n) is 17.4. The van der Waals surface area contributed by atoms with Gasteiger partial charge < -0.3 is 40.6 Å². The van der Waals surface area contributed by atoms with Gasteiger partial charge in [0.2, 0.25) is 17.6 Å². The number of nitrogens with one attached hydrogen (secondary N) is 3. The Kier molecular flexibility index (Phi) is 16.0. The number of nitrogens with zero attached hydrogens (tertiary/aromatic N) is 7. The van der Waals surface area contributed by atoms with Crippen LogP contribution < -0.4 is 20.9 Å². The summed E-state index contributed by atoms with van der Waals surface area (Å²) < 4.78 is 101. The second-order valence-electron chi connectivity index (χ2n) is 12.6. The van der Waals surface area contributed by atoms with E-state index >= 15 is 0 Å². The monoisotopic (exact) mass is 924 g/mol. The highest BCUT2D eigenvalue weighted by molar-refractivity contribution is 6.32. The first-order valence-corrected chi connectivity index (χ1v) is 17.8. The molecule has 2 aliphatic heterocycles. The predicted octanol–water partition coefficient (Wildman–Crippen LogP) is 6.31. The number of anilines is 6. The number of aromatic nitrogens is 5. The molecule has 0 atom stereocenters. The Balaban J connectivity index is 0.000000344. The molecule has 6 bridgehead atoms. The van der Waals surface area contributed by atoms with Crippen LogP contribution in [0.5, 0.6) is 0 Å². The molecule has 6 N–H and O–H groups in total. The number of hydrogen-bond acceptors (Lipinski definition) is 14. The van der Waals surface area contributed by atoms with Crippen molar-refractivity contribution in [2.75, 3.05) is 53.6 Å². The SMILES string of the molecule is O=C(CN1CCN(c2nc3cccnc3o2)CC1)Nc1ccc2cc1CCc1cncc(c1)Nc1ncc(Cl)c(n1)N2.O=C(O)C(F)(F)F.O=C(O)C(F)(F)F.O=C(O)C(F)(F)F. The van der Waals surface area contributed by atoms with Crippen LogP contribution in [-0.2, 0) is 32.0 Å². The first kappa shape index (κ1) is 48.6. The Morgan fingerprint density at radius 2 is 1.38 bits per heavy atom. The molecule has 0 spiro atoms. The van der Waals surface area contributed by atoms with Crippen LogP contribution in [0.2, 0.25) is 5.02 Å². The number of benzene rings is 1. The summed E-state index contributed by atoms with van der Waals surface area (Å²) in [6, 6.07) is 12.2. The quantitative estimate of drug-likeness (QED) is 0.108. The summed E-state index contributed by atoms with van der Waals surface area (Å²) in [5, 5.41) is 31.4. The van der Waals surface area contributed by atoms with E-state index in [1.807, 2.05) is 42.6 Å². The number of carboxylic acids is 3. The lowest BCUT2D eigenvalue weighted by Crippen LogP contribution is -2.48. The maximum atomic E-state index is 13.2. The second kappa shape index (κ2) is 20.7. The lowest BCUT2D eigenvalue weighted by Gasteiger charge is -2.33. The van der Waals surface area contributed by atoms with E-state index in [4.69, 9.17) is 45.7 Å². The van der Waals surface area contributed by atoms with Gasteiger partial charge in [-0.15, -0.1) is 0 Å². The van der Waals surface area contributed by atoms with Crippen LogP contribution in [0.4, 0.5) is 74.4 Å². The number of halogens is 10. The number of amides is 1. The van der Waals surface area contributed by atoms with Gasteiger partial charge in [0.05, 0.1) is 24.6 Å². The zero-order valence-corrected chi connectivity index (χ0v) is 32.3. The maximum Gasteiger partial charge on any atom is 0.490 e. The van der Waals surface area contributed by atoms with Crippen molar-refractivity contribution in [1.29, 1.82) is 0 Å². The Hall–Kier alpha value is -7.03. The average molecular weight is 925 g/mol. The summed E-state index contributed by atoms with van der Waals surface area (Å²) in [7, 11) is 0. The largest absolute Gasteiger partial charge is 0.490 e. The lowest BCUT2D eigenvalue weighted by atomic mass is 10.0. The summed E-state index contributed by atoms with van der Waals surface area (Å²) in [5.74, 6) is -7.44. The van der Waals surface area contributed by atoms with Crippen LogP contribution in [0.1, 0.15) is 11.1 Å². The summed E-state index contributed by atoms with van der Waals surface area (Å²) in [5.41, 5.74) is 5.68. The van der Waals surface area contributed by atoms with Crippen LogP contribution in [-0.4, -0.2) is 120 Å². The minimum Gasteiger partial charge on any atom is -0.475 e. The van der Waals surface area contributed by atoms with E-state index in [0.29, 0.717) is 67.7 Å². The maximum absolute atomic E-state index is 13.2. The Labute approximate surface area is 351 Å². The van der Waals surface area contributed by atoms with Gasteiger partial charge in [0.15, 0.2) is 5.82 Å². The molecule has 1 amide bonds. The van der Waals surface area contributed by atoms with Crippen LogP contribution >= 0.6 is 11.6 Å². The van der Waals surface area contributed by atoms with Gasteiger partial charge in [-0.05, 0) is 60.4 Å². The van der Waals surface area contributed by atoms with Gasteiger partial charge in [0, 0.05) is 49.9 Å². The van der Waals surface area contributed by atoms with Crippen molar-refractivity contribution in [2.45, 2.75) is 31.4 Å². The Bertz CT molecular complexity index is 2320. The summed E-state index contributed by atoms with van der Waals surface area (Å²) in [6.07, 6.45) is -7.00. The fourth-order valence-electron chi connectivity index (χ4n) is 5.14. The molecule has 2 aliphatic rings. The molecule has 0 aliphatic carbocycles. The molecule has 0 radical (unpaired) electrons. The highest BCUT2D eigenvalue weighted by Gasteiger charge is 2.39. The van der Waals surface area contributed by atoms with Crippen molar-refractivity contribution in [2.24, 2.45) is 0 Å². The minimum atomic E-state index is -5.08. The molecule has 5 aromatic rings. The standard InChI is InChI=1S/C29H27ClN10O2.3C2HF3O2/c30-22-16-33-28-35-21-12-18(14-31-15-21)3-4-19-13-20(34-26(22)38-28)5-6-23(19)36-25(41)17-39-8-10-40(11-9-39)29-37-24-2-1-7-32-27(24)42-29;3*3-2(4,5)1(6)7/h1-2,5-7,12-16H,3-4,8-11,17H2,(H,36,41)(H2,33,34,35,38);3*(H,6,7). The van der Waals surface area contributed by atoms with Gasteiger partial charge in [0.1, 0.15) is 10.5 Å². The van der Waals surface area contributed by atoms with Crippen molar-refractivity contribution in [3.63, 3.8) is 0 Å². The summed E-state index contributed by atoms with van der Waals surface area (Å²) in [4.78, 5) is 66.0. The highest BCUT2D eigenvalue weighted by atomic mass is 35.5. The second-order valence-corrected chi connectivity index (χ2v) is 13.0. The van der Waals surface area contributed by atoms with E-state index in [2.05, 4.69) is 50.7 Å². The average Bonchev–Trinajstić information content (AvgIpc) is 3.64. The number of aryl methyl sites for hydroxylation is 2. The van der Waals surface area contributed by atoms with E-state index in [1.54, 1.807) is 18.6 Å².